The van der Waals surface area contributed by atoms with Crippen LogP contribution in [0.25, 0.3) is 0 Å². The lowest BCUT2D eigenvalue weighted by Crippen LogP contribution is -1.88. The third-order valence-electron chi connectivity index (χ3n) is 1.72. The van der Waals surface area contributed by atoms with Crippen molar-refractivity contribution in [3.63, 3.8) is 0 Å². The fourth-order valence-electron chi connectivity index (χ4n) is 1.01. The van der Waals surface area contributed by atoms with E-state index in [4.69, 9.17) is 5.26 Å². The molecular formula is C9H8BrNO. The minimum absolute atomic E-state index is 0.177. The molecule has 2 nitrogen and oxygen atoms in total. The number of rotatable bonds is 1. The van der Waals surface area contributed by atoms with Crippen LogP contribution in [-0.4, -0.2) is 5.11 Å². The zero-order valence-corrected chi connectivity index (χ0v) is 8.22. The van der Waals surface area contributed by atoms with Crippen LogP contribution < -0.4 is 0 Å². The van der Waals surface area contributed by atoms with Gasteiger partial charge in [-0.15, -0.1) is 0 Å². The monoisotopic (exact) mass is 225 g/mol. The van der Waals surface area contributed by atoms with Gasteiger partial charge in [0.05, 0.1) is 17.0 Å². The molecule has 0 aliphatic rings. The van der Waals surface area contributed by atoms with Crippen molar-refractivity contribution in [1.82, 2.24) is 0 Å². The van der Waals surface area contributed by atoms with Gasteiger partial charge in [0, 0.05) is 5.56 Å². The van der Waals surface area contributed by atoms with Crippen molar-refractivity contribution >= 4 is 15.9 Å². The quantitative estimate of drug-likeness (QED) is 0.799. The summed E-state index contributed by atoms with van der Waals surface area (Å²) in [7, 11) is 0. The van der Waals surface area contributed by atoms with Crippen LogP contribution in [0.1, 0.15) is 11.1 Å². The van der Waals surface area contributed by atoms with Gasteiger partial charge in [-0.05, 0) is 34.5 Å². The van der Waals surface area contributed by atoms with Gasteiger partial charge in [-0.2, -0.15) is 5.26 Å². The molecule has 0 atom stereocenters. The number of hydrogen-bond donors (Lipinski definition) is 1. The van der Waals surface area contributed by atoms with Gasteiger partial charge in [0.2, 0.25) is 0 Å². The Bertz CT molecular complexity index is 341. The van der Waals surface area contributed by atoms with Gasteiger partial charge in [-0.25, -0.2) is 0 Å². The van der Waals surface area contributed by atoms with Crippen molar-refractivity contribution in [2.75, 3.05) is 0 Å². The Kier molecular flexibility index (Phi) is 2.72. The molecule has 0 bridgehead atoms. The first-order chi connectivity index (χ1) is 5.66. The van der Waals surface area contributed by atoms with Gasteiger partial charge in [0.1, 0.15) is 5.75 Å². The molecule has 1 N–H and O–H groups in total. The highest BCUT2D eigenvalue weighted by atomic mass is 79.9. The summed E-state index contributed by atoms with van der Waals surface area (Å²) in [5, 5.41) is 18.0. The predicted octanol–water partition coefficient (Wildman–Crippen LogP) is 2.53. The molecule has 0 spiro atoms. The third kappa shape index (κ3) is 1.59. The Balaban J connectivity index is 3.25. The molecule has 12 heavy (non-hydrogen) atoms. The smallest absolute Gasteiger partial charge is 0.134 e. The number of nitrogens with zero attached hydrogens (tertiary/aromatic N) is 1. The van der Waals surface area contributed by atoms with Crippen molar-refractivity contribution in [3.8, 4) is 11.8 Å². The highest BCUT2D eigenvalue weighted by Gasteiger charge is 2.07. The van der Waals surface area contributed by atoms with Crippen LogP contribution in [0.5, 0.6) is 5.75 Å². The number of phenolic OH excluding ortho intramolecular Hbond substituents is 1. The maximum atomic E-state index is 9.51. The highest BCUT2D eigenvalue weighted by molar-refractivity contribution is 9.10. The Hall–Kier alpha value is -1.01. The number of halogens is 1. The zero-order chi connectivity index (χ0) is 9.14. The Morgan fingerprint density at radius 1 is 1.58 bits per heavy atom. The molecule has 0 aromatic heterocycles. The molecule has 0 saturated heterocycles. The average Bonchev–Trinajstić information content (AvgIpc) is 2.06. The third-order valence-corrected chi connectivity index (χ3v) is 2.36. The fraction of sp³-hybridized carbons (Fsp3) is 0.222. The summed E-state index contributed by atoms with van der Waals surface area (Å²) < 4.78 is 0.637. The largest absolute Gasteiger partial charge is 0.506 e. The summed E-state index contributed by atoms with van der Waals surface area (Å²) in [4.78, 5) is 0. The zero-order valence-electron chi connectivity index (χ0n) is 6.63. The van der Waals surface area contributed by atoms with Crippen LogP contribution in [0.15, 0.2) is 16.6 Å². The van der Waals surface area contributed by atoms with Crippen molar-refractivity contribution in [3.05, 3.63) is 27.7 Å². The van der Waals surface area contributed by atoms with E-state index < -0.39 is 0 Å². The van der Waals surface area contributed by atoms with E-state index in [0.717, 1.165) is 5.56 Å². The second-order valence-corrected chi connectivity index (χ2v) is 3.38. The number of phenols is 1. The Labute approximate surface area is 79.6 Å². The van der Waals surface area contributed by atoms with E-state index in [9.17, 15) is 5.11 Å². The molecule has 3 heteroatoms. The average molecular weight is 226 g/mol. The summed E-state index contributed by atoms with van der Waals surface area (Å²) in [5.74, 6) is 0.177. The van der Waals surface area contributed by atoms with Crippen LogP contribution in [0.3, 0.4) is 0 Å². The van der Waals surface area contributed by atoms with E-state index in [1.54, 1.807) is 6.07 Å². The van der Waals surface area contributed by atoms with Crippen LogP contribution in [-0.2, 0) is 6.42 Å². The second kappa shape index (κ2) is 3.59. The van der Waals surface area contributed by atoms with Crippen molar-refractivity contribution in [1.29, 1.82) is 5.26 Å². The minimum Gasteiger partial charge on any atom is -0.506 e. The molecule has 0 saturated carbocycles. The second-order valence-electron chi connectivity index (χ2n) is 2.53. The summed E-state index contributed by atoms with van der Waals surface area (Å²) in [6.07, 6.45) is 0.247. The van der Waals surface area contributed by atoms with Gasteiger partial charge in [0.15, 0.2) is 0 Å². The van der Waals surface area contributed by atoms with Gasteiger partial charge in [0.25, 0.3) is 0 Å². The lowest BCUT2D eigenvalue weighted by molar-refractivity contribution is 0.466. The molecule has 1 aromatic carbocycles. The van der Waals surface area contributed by atoms with Gasteiger partial charge in [-0.1, -0.05) is 6.07 Å². The summed E-state index contributed by atoms with van der Waals surface area (Å²) in [6.45, 7) is 1.87. The van der Waals surface area contributed by atoms with E-state index in [1.807, 2.05) is 19.1 Å². The molecular weight excluding hydrogens is 218 g/mol. The number of benzene rings is 1. The van der Waals surface area contributed by atoms with Crippen LogP contribution in [0, 0.1) is 18.3 Å². The number of hydrogen-bond acceptors (Lipinski definition) is 2. The van der Waals surface area contributed by atoms with E-state index in [-0.39, 0.29) is 12.2 Å². The molecule has 0 aliphatic carbocycles. The molecule has 0 fully saturated rings. The first-order valence-electron chi connectivity index (χ1n) is 3.50. The number of aromatic hydroxyl groups is 1. The molecule has 0 radical (unpaired) electrons. The first-order valence-corrected chi connectivity index (χ1v) is 4.30. The maximum absolute atomic E-state index is 9.51. The van der Waals surface area contributed by atoms with E-state index in [0.29, 0.717) is 10.0 Å². The van der Waals surface area contributed by atoms with Gasteiger partial charge in [-0.3, -0.25) is 0 Å². The van der Waals surface area contributed by atoms with E-state index >= 15 is 0 Å². The van der Waals surface area contributed by atoms with Gasteiger partial charge < -0.3 is 5.11 Å². The molecule has 0 heterocycles. The van der Waals surface area contributed by atoms with Crippen LogP contribution in [0.2, 0.25) is 0 Å². The standard InChI is InChI=1S/C9H8BrNO/c1-6-2-3-8(10)9(12)7(6)4-5-11/h2-3,12H,4H2,1H3. The Morgan fingerprint density at radius 2 is 2.25 bits per heavy atom. The Morgan fingerprint density at radius 3 is 2.83 bits per heavy atom. The van der Waals surface area contributed by atoms with E-state index in [2.05, 4.69) is 15.9 Å². The molecule has 1 aromatic rings. The normalized spacial score (nSPS) is 9.42. The minimum atomic E-state index is 0.177. The molecule has 0 unspecified atom stereocenters. The first kappa shape index (κ1) is 9.08. The van der Waals surface area contributed by atoms with Crippen molar-refractivity contribution in [2.24, 2.45) is 0 Å². The van der Waals surface area contributed by atoms with Crippen LogP contribution >= 0.6 is 15.9 Å². The predicted molar refractivity (Wildman–Crippen MR) is 49.9 cm³/mol. The lowest BCUT2D eigenvalue weighted by atomic mass is 10.1. The number of nitriles is 1. The summed E-state index contributed by atoms with van der Waals surface area (Å²) in [5.41, 5.74) is 1.64. The molecule has 0 aliphatic heterocycles. The lowest BCUT2D eigenvalue weighted by Gasteiger charge is -2.05. The van der Waals surface area contributed by atoms with Crippen LogP contribution in [0.4, 0.5) is 0 Å². The van der Waals surface area contributed by atoms with E-state index in [1.165, 1.54) is 0 Å². The topological polar surface area (TPSA) is 44.0 Å². The fourth-order valence-corrected chi connectivity index (χ4v) is 1.38. The molecule has 1 rings (SSSR count). The van der Waals surface area contributed by atoms with Crippen molar-refractivity contribution < 1.29 is 5.11 Å². The summed E-state index contributed by atoms with van der Waals surface area (Å²) >= 11 is 3.19. The van der Waals surface area contributed by atoms with Crippen molar-refractivity contribution in [2.45, 2.75) is 13.3 Å². The maximum Gasteiger partial charge on any atom is 0.134 e. The SMILES string of the molecule is Cc1ccc(Br)c(O)c1CC#N. The highest BCUT2D eigenvalue weighted by Crippen LogP contribution is 2.30. The molecule has 0 amide bonds. The summed E-state index contributed by atoms with van der Waals surface area (Å²) in [6, 6.07) is 5.65. The molecule has 62 valence electrons. The van der Waals surface area contributed by atoms with Gasteiger partial charge >= 0.3 is 0 Å². The number of aryl methyl sites for hydroxylation is 1.